The van der Waals surface area contributed by atoms with Crippen molar-refractivity contribution in [3.63, 3.8) is 0 Å². The van der Waals surface area contributed by atoms with E-state index in [4.69, 9.17) is 0 Å². The molecular formula is C9H15N3O2S. The fraction of sp³-hybridized carbons (Fsp3) is 0.667. The van der Waals surface area contributed by atoms with E-state index in [1.54, 1.807) is 6.92 Å². The van der Waals surface area contributed by atoms with Crippen LogP contribution in [0.4, 0.5) is 0 Å². The molecule has 0 amide bonds. The highest BCUT2D eigenvalue weighted by molar-refractivity contribution is 7.89. The molecule has 1 fully saturated rings. The van der Waals surface area contributed by atoms with Crippen molar-refractivity contribution in [3.8, 4) is 0 Å². The molecule has 1 aliphatic carbocycles. The molecule has 0 saturated heterocycles. The summed E-state index contributed by atoms with van der Waals surface area (Å²) in [4.78, 5) is 6.58. The summed E-state index contributed by atoms with van der Waals surface area (Å²) >= 11 is 0. The topological polar surface area (TPSA) is 74.8 Å². The van der Waals surface area contributed by atoms with Gasteiger partial charge in [-0.2, -0.15) is 0 Å². The molecule has 1 aromatic heterocycles. The smallest absolute Gasteiger partial charge is 0.257 e. The third-order valence-electron chi connectivity index (χ3n) is 2.76. The molecule has 0 radical (unpaired) electrons. The van der Waals surface area contributed by atoms with Crippen LogP contribution in [-0.4, -0.2) is 24.9 Å². The summed E-state index contributed by atoms with van der Waals surface area (Å²) < 4.78 is 26.0. The van der Waals surface area contributed by atoms with Crippen molar-refractivity contribution < 1.29 is 8.42 Å². The molecule has 0 atom stereocenters. The maximum atomic E-state index is 11.7. The molecule has 0 aromatic carbocycles. The second-order valence-electron chi connectivity index (χ2n) is 3.98. The lowest BCUT2D eigenvalue weighted by atomic mass is 9.86. The normalized spacial score (nSPS) is 17.7. The van der Waals surface area contributed by atoms with Crippen molar-refractivity contribution in [1.29, 1.82) is 0 Å². The van der Waals surface area contributed by atoms with Crippen LogP contribution in [0.3, 0.4) is 0 Å². The second kappa shape index (κ2) is 3.94. The predicted molar refractivity (Wildman–Crippen MR) is 55.9 cm³/mol. The minimum Gasteiger partial charge on any atom is -0.332 e. The summed E-state index contributed by atoms with van der Waals surface area (Å²) in [6.45, 7) is 2.27. The Hall–Kier alpha value is -0.880. The van der Waals surface area contributed by atoms with E-state index in [0.717, 1.165) is 12.8 Å². The van der Waals surface area contributed by atoms with Gasteiger partial charge in [-0.1, -0.05) is 6.42 Å². The van der Waals surface area contributed by atoms with Crippen molar-refractivity contribution in [3.05, 3.63) is 12.0 Å². The fourth-order valence-corrected chi connectivity index (χ4v) is 2.62. The van der Waals surface area contributed by atoms with Gasteiger partial charge in [0, 0.05) is 6.54 Å². The maximum Gasteiger partial charge on any atom is 0.257 e. The van der Waals surface area contributed by atoms with E-state index in [1.165, 1.54) is 12.6 Å². The van der Waals surface area contributed by atoms with Crippen LogP contribution in [-0.2, 0) is 10.0 Å². The van der Waals surface area contributed by atoms with Gasteiger partial charge >= 0.3 is 0 Å². The Morgan fingerprint density at radius 3 is 2.80 bits per heavy atom. The Bertz CT molecular complexity index is 434. The average molecular weight is 229 g/mol. The van der Waals surface area contributed by atoms with E-state index in [9.17, 15) is 8.42 Å². The number of aryl methyl sites for hydroxylation is 1. The molecule has 0 spiro atoms. The molecule has 2 N–H and O–H groups in total. The van der Waals surface area contributed by atoms with Gasteiger partial charge in [-0.3, -0.25) is 0 Å². The maximum absolute atomic E-state index is 11.7. The molecule has 1 aromatic rings. The number of nitrogens with one attached hydrogen (secondary N) is 2. The Kier molecular flexibility index (Phi) is 2.79. The number of nitrogens with zero attached hydrogens (tertiary/aromatic N) is 1. The third-order valence-corrected chi connectivity index (χ3v) is 4.09. The molecule has 6 heteroatoms. The molecule has 2 rings (SSSR count). The van der Waals surface area contributed by atoms with Gasteiger partial charge in [0.15, 0.2) is 5.03 Å². The first-order chi connectivity index (χ1) is 7.08. The molecule has 0 unspecified atom stereocenters. The van der Waals surface area contributed by atoms with Crippen LogP contribution < -0.4 is 4.72 Å². The second-order valence-corrected chi connectivity index (χ2v) is 5.72. The van der Waals surface area contributed by atoms with Crippen molar-refractivity contribution in [2.45, 2.75) is 31.2 Å². The van der Waals surface area contributed by atoms with E-state index in [0.29, 0.717) is 18.3 Å². The number of sulfonamides is 1. The fourth-order valence-electron chi connectivity index (χ4n) is 1.54. The number of rotatable bonds is 4. The van der Waals surface area contributed by atoms with Crippen LogP contribution in [0.25, 0.3) is 0 Å². The Morgan fingerprint density at radius 1 is 1.60 bits per heavy atom. The first kappa shape index (κ1) is 10.6. The molecule has 1 aliphatic rings. The zero-order valence-electron chi connectivity index (χ0n) is 8.66. The van der Waals surface area contributed by atoms with Crippen LogP contribution in [0.1, 0.15) is 25.1 Å². The molecule has 5 nitrogen and oxygen atoms in total. The molecule has 0 aliphatic heterocycles. The van der Waals surface area contributed by atoms with Gasteiger partial charge in [-0.15, -0.1) is 0 Å². The van der Waals surface area contributed by atoms with Crippen molar-refractivity contribution in [1.82, 2.24) is 14.7 Å². The zero-order chi connectivity index (χ0) is 10.9. The number of aromatic nitrogens is 2. The van der Waals surface area contributed by atoms with Gasteiger partial charge in [-0.25, -0.2) is 18.1 Å². The summed E-state index contributed by atoms with van der Waals surface area (Å²) in [5.41, 5.74) is 0. The lowest BCUT2D eigenvalue weighted by molar-refractivity contribution is 0.316. The van der Waals surface area contributed by atoms with Crippen LogP contribution in [0, 0.1) is 12.8 Å². The van der Waals surface area contributed by atoms with Crippen LogP contribution in [0.5, 0.6) is 0 Å². The minimum atomic E-state index is -3.38. The van der Waals surface area contributed by atoms with Crippen LogP contribution >= 0.6 is 0 Å². The summed E-state index contributed by atoms with van der Waals surface area (Å²) in [5.74, 6) is 1.13. The van der Waals surface area contributed by atoms with Crippen molar-refractivity contribution in [2.75, 3.05) is 6.54 Å². The summed E-state index contributed by atoms with van der Waals surface area (Å²) in [7, 11) is -3.38. The van der Waals surface area contributed by atoms with Crippen molar-refractivity contribution >= 4 is 10.0 Å². The number of aromatic amines is 1. The monoisotopic (exact) mass is 229 g/mol. The summed E-state index contributed by atoms with van der Waals surface area (Å²) in [6.07, 6.45) is 4.82. The van der Waals surface area contributed by atoms with E-state index in [2.05, 4.69) is 14.7 Å². The quantitative estimate of drug-likeness (QED) is 0.801. The Morgan fingerprint density at radius 2 is 2.33 bits per heavy atom. The highest BCUT2D eigenvalue weighted by Gasteiger charge is 2.22. The van der Waals surface area contributed by atoms with Gasteiger partial charge < -0.3 is 4.98 Å². The molecule has 1 saturated carbocycles. The lowest BCUT2D eigenvalue weighted by Crippen LogP contribution is -2.32. The van der Waals surface area contributed by atoms with E-state index >= 15 is 0 Å². The largest absolute Gasteiger partial charge is 0.332 e. The van der Waals surface area contributed by atoms with E-state index in [1.807, 2.05) is 0 Å². The van der Waals surface area contributed by atoms with Gasteiger partial charge in [0.2, 0.25) is 0 Å². The van der Waals surface area contributed by atoms with E-state index in [-0.39, 0.29) is 5.03 Å². The highest BCUT2D eigenvalue weighted by atomic mass is 32.2. The van der Waals surface area contributed by atoms with Crippen LogP contribution in [0.2, 0.25) is 0 Å². The zero-order valence-corrected chi connectivity index (χ0v) is 9.47. The number of imidazole rings is 1. The third kappa shape index (κ3) is 2.38. The molecule has 15 heavy (non-hydrogen) atoms. The summed E-state index contributed by atoms with van der Waals surface area (Å²) in [5, 5.41) is 0.152. The molecule has 0 bridgehead atoms. The molecular weight excluding hydrogens is 214 g/mol. The summed E-state index contributed by atoms with van der Waals surface area (Å²) in [6, 6.07) is 0. The number of hydrogen-bond donors (Lipinski definition) is 2. The first-order valence-electron chi connectivity index (χ1n) is 5.09. The lowest BCUT2D eigenvalue weighted by Gasteiger charge is -2.24. The minimum absolute atomic E-state index is 0.152. The SMILES string of the molecule is Cc1ncc(S(=O)(=O)NCC2CCC2)[nH]1. The number of hydrogen-bond acceptors (Lipinski definition) is 3. The van der Waals surface area contributed by atoms with Crippen LogP contribution in [0.15, 0.2) is 11.2 Å². The predicted octanol–water partition coefficient (Wildman–Crippen LogP) is 0.797. The van der Waals surface area contributed by atoms with Gasteiger partial charge in [0.1, 0.15) is 5.82 Å². The average Bonchev–Trinajstić information content (AvgIpc) is 2.49. The standard InChI is InChI=1S/C9H15N3O2S/c1-7-10-6-9(12-7)15(13,14)11-5-8-3-2-4-8/h6,8,11H,2-5H2,1H3,(H,10,12). The highest BCUT2D eigenvalue weighted by Crippen LogP contribution is 2.25. The Balaban J connectivity index is 1.99. The van der Waals surface area contributed by atoms with Gasteiger partial charge in [0.05, 0.1) is 6.20 Å². The molecule has 1 heterocycles. The van der Waals surface area contributed by atoms with Gasteiger partial charge in [0.25, 0.3) is 10.0 Å². The van der Waals surface area contributed by atoms with Gasteiger partial charge in [-0.05, 0) is 25.7 Å². The van der Waals surface area contributed by atoms with Crippen molar-refractivity contribution in [2.24, 2.45) is 5.92 Å². The number of H-pyrrole nitrogens is 1. The first-order valence-corrected chi connectivity index (χ1v) is 6.57. The molecule has 84 valence electrons. The van der Waals surface area contributed by atoms with E-state index < -0.39 is 10.0 Å². The Labute approximate surface area is 89.4 Å².